The summed E-state index contributed by atoms with van der Waals surface area (Å²) in [6.07, 6.45) is 1.71. The van der Waals surface area contributed by atoms with E-state index < -0.39 is 0 Å². The lowest BCUT2D eigenvalue weighted by molar-refractivity contribution is 0.0933. The molecule has 8 heteroatoms. The summed E-state index contributed by atoms with van der Waals surface area (Å²) in [4.78, 5) is 26.1. The highest BCUT2D eigenvalue weighted by atomic mass is 16.3. The van der Waals surface area contributed by atoms with E-state index in [1.54, 1.807) is 24.4 Å². The second-order valence-corrected chi connectivity index (χ2v) is 8.76. The highest BCUT2D eigenvalue weighted by Gasteiger charge is 2.24. The van der Waals surface area contributed by atoms with E-state index in [0.717, 1.165) is 24.5 Å². The number of aliphatic imine (C=N–C) groups is 1. The predicted molar refractivity (Wildman–Crippen MR) is 142 cm³/mol. The molecule has 0 bridgehead atoms. The van der Waals surface area contributed by atoms with Crippen LogP contribution in [0.25, 0.3) is 10.9 Å². The average Bonchev–Trinajstić information content (AvgIpc) is 3.12. The van der Waals surface area contributed by atoms with E-state index in [4.69, 9.17) is 10.7 Å². The third-order valence-electron chi connectivity index (χ3n) is 5.81. The summed E-state index contributed by atoms with van der Waals surface area (Å²) in [6.45, 7) is 3.17. The number of fused-ring (bicyclic) bond motifs is 1. The van der Waals surface area contributed by atoms with E-state index in [-0.39, 0.29) is 11.8 Å². The molecular formula is C27H30N6O2. The number of aromatic nitrogens is 2. The average molecular weight is 471 g/mol. The van der Waals surface area contributed by atoms with Crippen molar-refractivity contribution in [3.63, 3.8) is 0 Å². The molecule has 8 nitrogen and oxygen atoms in total. The van der Waals surface area contributed by atoms with Crippen molar-refractivity contribution in [3.8, 4) is 5.88 Å². The van der Waals surface area contributed by atoms with Crippen molar-refractivity contribution in [3.05, 3.63) is 78.0 Å². The van der Waals surface area contributed by atoms with Crippen LogP contribution in [0.2, 0.25) is 0 Å². The number of hydrogen-bond donors (Lipinski definition) is 2. The first-order valence-corrected chi connectivity index (χ1v) is 11.4. The van der Waals surface area contributed by atoms with Crippen molar-refractivity contribution in [2.24, 2.45) is 4.99 Å². The Labute approximate surface area is 204 Å². The largest absolute Gasteiger partial charge is 0.494 e. The topological polar surface area (TPSA) is 100.0 Å². The molecule has 0 aliphatic carbocycles. The monoisotopic (exact) mass is 470 g/mol. The van der Waals surface area contributed by atoms with Gasteiger partial charge in [-0.25, -0.2) is 9.98 Å². The first kappa shape index (κ1) is 24.0. The summed E-state index contributed by atoms with van der Waals surface area (Å²) in [6, 6.07) is 18.6. The SMILES string of the molecule is CC(=O)n1c(O)c(C(=Nc2ccc(N(C)CCN(C)C)nc2)c2ccccc2)c2ccc(N)cc21. The van der Waals surface area contributed by atoms with Gasteiger partial charge in [0.2, 0.25) is 11.8 Å². The maximum Gasteiger partial charge on any atom is 0.230 e. The Morgan fingerprint density at radius 1 is 1.06 bits per heavy atom. The fourth-order valence-electron chi connectivity index (χ4n) is 3.97. The van der Waals surface area contributed by atoms with Gasteiger partial charge in [-0.1, -0.05) is 30.3 Å². The molecular weight excluding hydrogens is 440 g/mol. The first-order chi connectivity index (χ1) is 16.8. The predicted octanol–water partition coefficient (Wildman–Crippen LogP) is 4.15. The van der Waals surface area contributed by atoms with Crippen molar-refractivity contribution in [2.75, 3.05) is 44.9 Å². The van der Waals surface area contributed by atoms with Crippen LogP contribution in [0.3, 0.4) is 0 Å². The molecule has 0 spiro atoms. The molecule has 0 unspecified atom stereocenters. The molecule has 0 saturated carbocycles. The van der Waals surface area contributed by atoms with Crippen molar-refractivity contribution >= 4 is 39.7 Å². The molecule has 0 saturated heterocycles. The minimum atomic E-state index is -0.316. The van der Waals surface area contributed by atoms with Crippen LogP contribution >= 0.6 is 0 Å². The molecule has 2 aromatic carbocycles. The van der Waals surface area contributed by atoms with Gasteiger partial charge < -0.3 is 20.6 Å². The Morgan fingerprint density at radius 3 is 2.43 bits per heavy atom. The van der Waals surface area contributed by atoms with Crippen molar-refractivity contribution < 1.29 is 9.90 Å². The molecule has 4 aromatic rings. The van der Waals surface area contributed by atoms with Crippen molar-refractivity contribution in [1.82, 2.24) is 14.5 Å². The van der Waals surface area contributed by atoms with Crippen LogP contribution in [0.4, 0.5) is 17.2 Å². The van der Waals surface area contributed by atoms with E-state index in [0.29, 0.717) is 33.6 Å². The zero-order valence-electron chi connectivity index (χ0n) is 20.4. The van der Waals surface area contributed by atoms with Crippen LogP contribution in [-0.2, 0) is 0 Å². The number of pyridine rings is 1. The Morgan fingerprint density at radius 2 is 1.80 bits per heavy atom. The molecule has 2 aromatic heterocycles. The maximum absolute atomic E-state index is 12.4. The van der Waals surface area contributed by atoms with Crippen molar-refractivity contribution in [2.45, 2.75) is 6.92 Å². The molecule has 0 aliphatic heterocycles. The molecule has 0 fully saturated rings. The number of carbonyl (C=O) groups excluding carboxylic acids is 1. The summed E-state index contributed by atoms with van der Waals surface area (Å²) < 4.78 is 1.26. The van der Waals surface area contributed by atoms with Gasteiger partial charge in [0.25, 0.3) is 0 Å². The molecule has 3 N–H and O–H groups in total. The summed E-state index contributed by atoms with van der Waals surface area (Å²) in [5.74, 6) is 0.357. The van der Waals surface area contributed by atoms with E-state index in [9.17, 15) is 9.90 Å². The van der Waals surface area contributed by atoms with Crippen LogP contribution in [0, 0.1) is 0 Å². The third-order valence-corrected chi connectivity index (χ3v) is 5.81. The standard InChI is InChI=1S/C27H30N6O2/c1-18(34)33-23-16-20(28)10-12-22(23)25(27(33)35)26(19-8-6-5-7-9-19)30-21-11-13-24(29-17-21)32(4)15-14-31(2)3/h5-13,16-17,35H,14-15,28H2,1-4H3. The first-order valence-electron chi connectivity index (χ1n) is 11.4. The third kappa shape index (κ3) is 5.02. The molecule has 0 radical (unpaired) electrons. The minimum absolute atomic E-state index is 0.172. The van der Waals surface area contributed by atoms with Crippen LogP contribution < -0.4 is 10.6 Å². The van der Waals surface area contributed by atoms with Crippen molar-refractivity contribution in [1.29, 1.82) is 0 Å². The lowest BCUT2D eigenvalue weighted by Crippen LogP contribution is -2.28. The number of nitrogens with two attached hydrogens (primary N) is 1. The molecule has 0 aliphatic rings. The molecule has 4 rings (SSSR count). The van der Waals surface area contributed by atoms with Gasteiger partial charge in [-0.05, 0) is 44.4 Å². The van der Waals surface area contributed by atoms with Crippen LogP contribution in [0.5, 0.6) is 5.88 Å². The van der Waals surface area contributed by atoms with E-state index in [1.165, 1.54) is 11.5 Å². The lowest BCUT2D eigenvalue weighted by Gasteiger charge is -2.20. The van der Waals surface area contributed by atoms with Gasteiger partial charge in [0, 0.05) is 43.7 Å². The van der Waals surface area contributed by atoms with E-state index in [1.807, 2.05) is 63.6 Å². The van der Waals surface area contributed by atoms with Gasteiger partial charge in [-0.3, -0.25) is 9.36 Å². The molecule has 0 amide bonds. The smallest absolute Gasteiger partial charge is 0.230 e. The van der Waals surface area contributed by atoms with Crippen LogP contribution in [0.1, 0.15) is 22.8 Å². The number of benzene rings is 2. The summed E-state index contributed by atoms with van der Waals surface area (Å²) in [7, 11) is 6.08. The zero-order valence-corrected chi connectivity index (χ0v) is 20.4. The highest BCUT2D eigenvalue weighted by Crippen LogP contribution is 2.35. The fraction of sp³-hybridized carbons (Fsp3) is 0.222. The van der Waals surface area contributed by atoms with Gasteiger partial charge in [-0.15, -0.1) is 0 Å². The van der Waals surface area contributed by atoms with Gasteiger partial charge in [0.15, 0.2) is 0 Å². The Hall–Kier alpha value is -4.17. The molecule has 35 heavy (non-hydrogen) atoms. The normalized spacial score (nSPS) is 11.9. The number of carbonyl (C=O) groups is 1. The zero-order chi connectivity index (χ0) is 25.1. The second kappa shape index (κ2) is 9.99. The fourth-order valence-corrected chi connectivity index (χ4v) is 3.97. The highest BCUT2D eigenvalue weighted by molar-refractivity contribution is 6.23. The molecule has 180 valence electrons. The Kier molecular flexibility index (Phi) is 6.84. The number of rotatable bonds is 7. The number of hydrogen-bond acceptors (Lipinski definition) is 7. The summed E-state index contributed by atoms with van der Waals surface area (Å²) in [5.41, 5.74) is 9.45. The number of nitrogens with zero attached hydrogens (tertiary/aromatic N) is 5. The molecule has 2 heterocycles. The molecule has 0 atom stereocenters. The minimum Gasteiger partial charge on any atom is -0.494 e. The summed E-state index contributed by atoms with van der Waals surface area (Å²) in [5, 5.41) is 11.9. The van der Waals surface area contributed by atoms with Crippen LogP contribution in [-0.4, -0.2) is 65.4 Å². The Bertz CT molecular complexity index is 1370. The number of anilines is 2. The second-order valence-electron chi connectivity index (χ2n) is 8.76. The number of aromatic hydroxyl groups is 1. The van der Waals surface area contributed by atoms with Gasteiger partial charge in [0.1, 0.15) is 5.82 Å². The van der Waals surface area contributed by atoms with Crippen LogP contribution in [0.15, 0.2) is 71.9 Å². The quantitative estimate of drug-likeness (QED) is 0.311. The van der Waals surface area contributed by atoms with Gasteiger partial charge >= 0.3 is 0 Å². The van der Waals surface area contributed by atoms with E-state index >= 15 is 0 Å². The van der Waals surface area contributed by atoms with Gasteiger partial charge in [0.05, 0.1) is 28.7 Å². The maximum atomic E-state index is 12.4. The van der Waals surface area contributed by atoms with Gasteiger partial charge in [-0.2, -0.15) is 0 Å². The van der Waals surface area contributed by atoms with E-state index in [2.05, 4.69) is 14.8 Å². The summed E-state index contributed by atoms with van der Waals surface area (Å²) >= 11 is 0. The lowest BCUT2D eigenvalue weighted by atomic mass is 10.0. The Balaban J connectivity index is 1.85. The number of likely N-dealkylation sites (N-methyl/N-ethyl adjacent to an activating group) is 2. The number of nitrogen functional groups attached to an aromatic ring is 1.